The highest BCUT2D eigenvalue weighted by Crippen LogP contribution is 2.40. The van der Waals surface area contributed by atoms with Gasteiger partial charge in [-0.2, -0.15) is 13.2 Å². The van der Waals surface area contributed by atoms with Crippen LogP contribution in [0.25, 0.3) is 16.7 Å². The fraction of sp³-hybridized carbons (Fsp3) is 0.261. The van der Waals surface area contributed by atoms with Crippen LogP contribution in [0.2, 0.25) is 0 Å². The van der Waals surface area contributed by atoms with E-state index < -0.39 is 11.9 Å². The molecule has 0 radical (unpaired) electrons. The molecule has 3 aromatic heterocycles. The summed E-state index contributed by atoms with van der Waals surface area (Å²) in [5.41, 5.74) is 1.98. The number of aromatic nitrogens is 4. The van der Waals surface area contributed by atoms with Gasteiger partial charge in [0.15, 0.2) is 0 Å². The summed E-state index contributed by atoms with van der Waals surface area (Å²) < 4.78 is 46.9. The first-order valence-electron chi connectivity index (χ1n) is 10.1. The van der Waals surface area contributed by atoms with E-state index in [1.54, 1.807) is 12.3 Å². The molecule has 4 aromatic rings. The number of imidazole rings is 1. The van der Waals surface area contributed by atoms with E-state index in [0.717, 1.165) is 47.7 Å². The van der Waals surface area contributed by atoms with Gasteiger partial charge in [0.25, 0.3) is 5.56 Å². The molecule has 3 heterocycles. The average Bonchev–Trinajstić information content (AvgIpc) is 3.56. The maximum atomic E-state index is 12.7. The van der Waals surface area contributed by atoms with Crippen LogP contribution in [0.4, 0.5) is 13.2 Å². The van der Waals surface area contributed by atoms with Gasteiger partial charge in [-0.25, -0.2) is 9.97 Å². The van der Waals surface area contributed by atoms with E-state index in [4.69, 9.17) is 9.72 Å². The lowest BCUT2D eigenvalue weighted by atomic mass is 10.2. The van der Waals surface area contributed by atoms with Gasteiger partial charge in [0.1, 0.15) is 23.9 Å². The van der Waals surface area contributed by atoms with Crippen LogP contribution in [-0.4, -0.2) is 19.1 Å². The molecule has 1 fully saturated rings. The summed E-state index contributed by atoms with van der Waals surface area (Å²) in [6.45, 7) is 0.0363. The summed E-state index contributed by atoms with van der Waals surface area (Å²) >= 11 is 0. The predicted octanol–water partition coefficient (Wildman–Crippen LogP) is 4.59. The van der Waals surface area contributed by atoms with Crippen molar-refractivity contribution >= 4 is 11.0 Å². The van der Waals surface area contributed by atoms with Gasteiger partial charge < -0.3 is 9.30 Å². The number of nitrogens with zero attached hydrogens (tertiary/aromatic N) is 4. The number of benzene rings is 1. The predicted molar refractivity (Wildman–Crippen MR) is 112 cm³/mol. The van der Waals surface area contributed by atoms with Crippen molar-refractivity contribution < 1.29 is 17.9 Å². The fourth-order valence-electron chi connectivity index (χ4n) is 3.68. The van der Waals surface area contributed by atoms with E-state index in [-0.39, 0.29) is 17.9 Å². The Morgan fingerprint density at radius 1 is 1.12 bits per heavy atom. The van der Waals surface area contributed by atoms with Crippen LogP contribution in [0.1, 0.15) is 35.8 Å². The minimum absolute atomic E-state index is 0.0363. The summed E-state index contributed by atoms with van der Waals surface area (Å²) in [6, 6.07) is 11.0. The lowest BCUT2D eigenvalue weighted by Crippen LogP contribution is -2.17. The van der Waals surface area contributed by atoms with Crippen LogP contribution in [0.15, 0.2) is 59.7 Å². The van der Waals surface area contributed by atoms with Gasteiger partial charge in [0.2, 0.25) is 0 Å². The first kappa shape index (κ1) is 20.3. The van der Waals surface area contributed by atoms with Crippen LogP contribution in [-0.2, 0) is 19.8 Å². The van der Waals surface area contributed by atoms with Crippen LogP contribution >= 0.6 is 0 Å². The second-order valence-electron chi connectivity index (χ2n) is 7.89. The van der Waals surface area contributed by atoms with Crippen molar-refractivity contribution in [3.05, 3.63) is 82.3 Å². The van der Waals surface area contributed by atoms with Crippen molar-refractivity contribution in [2.75, 3.05) is 0 Å². The number of halogens is 3. The molecule has 0 saturated heterocycles. The normalized spacial score (nSPS) is 14.1. The highest BCUT2D eigenvalue weighted by atomic mass is 19.4. The quantitative estimate of drug-likeness (QED) is 0.455. The standard InChI is InChI=1S/C23H19F3N4O2/c1-29-19-11-16(4-6-18(19)28-22(29)15-2-3-15)30-9-8-14(10-21(30)31)13-32-17-5-7-20(27-12-17)23(24,25)26/h4-12,15H,2-3,13H2,1H3. The summed E-state index contributed by atoms with van der Waals surface area (Å²) in [5.74, 6) is 1.79. The zero-order chi connectivity index (χ0) is 22.5. The second kappa shape index (κ2) is 7.51. The highest BCUT2D eigenvalue weighted by molar-refractivity contribution is 5.78. The van der Waals surface area contributed by atoms with Gasteiger partial charge in [-0.15, -0.1) is 0 Å². The molecule has 9 heteroatoms. The Balaban J connectivity index is 1.34. The minimum Gasteiger partial charge on any atom is -0.487 e. The lowest BCUT2D eigenvalue weighted by Gasteiger charge is -2.10. The van der Waals surface area contributed by atoms with Gasteiger partial charge in [-0.3, -0.25) is 9.36 Å². The number of pyridine rings is 2. The van der Waals surface area contributed by atoms with Crippen molar-refractivity contribution in [1.82, 2.24) is 19.1 Å². The molecule has 0 N–H and O–H groups in total. The molecule has 0 aliphatic heterocycles. The molecule has 1 aliphatic rings. The van der Waals surface area contributed by atoms with Crippen molar-refractivity contribution in [3.63, 3.8) is 0 Å². The SMILES string of the molecule is Cn1c(C2CC2)nc2ccc(-n3ccc(COc4ccc(C(F)(F)F)nc4)cc3=O)cc21. The number of hydrogen-bond acceptors (Lipinski definition) is 4. The highest BCUT2D eigenvalue weighted by Gasteiger charge is 2.32. The summed E-state index contributed by atoms with van der Waals surface area (Å²) in [6.07, 6.45) is 0.501. The molecule has 0 unspecified atom stereocenters. The topological polar surface area (TPSA) is 61.9 Å². The molecule has 164 valence electrons. The number of hydrogen-bond donors (Lipinski definition) is 0. The number of alkyl halides is 3. The third kappa shape index (κ3) is 3.86. The van der Waals surface area contributed by atoms with E-state index in [9.17, 15) is 18.0 Å². The average molecular weight is 440 g/mol. The molecule has 1 saturated carbocycles. The number of fused-ring (bicyclic) bond motifs is 1. The number of rotatable bonds is 5. The molecule has 32 heavy (non-hydrogen) atoms. The molecule has 5 rings (SSSR count). The van der Waals surface area contributed by atoms with E-state index in [0.29, 0.717) is 11.5 Å². The van der Waals surface area contributed by atoms with Crippen LogP contribution in [0.3, 0.4) is 0 Å². The summed E-state index contributed by atoms with van der Waals surface area (Å²) in [4.78, 5) is 20.8. The molecule has 0 atom stereocenters. The fourth-order valence-corrected chi connectivity index (χ4v) is 3.68. The maximum absolute atomic E-state index is 12.7. The molecular formula is C23H19F3N4O2. The Morgan fingerprint density at radius 2 is 1.94 bits per heavy atom. The monoisotopic (exact) mass is 440 g/mol. The Bertz CT molecular complexity index is 1350. The molecule has 6 nitrogen and oxygen atoms in total. The largest absolute Gasteiger partial charge is 0.487 e. The summed E-state index contributed by atoms with van der Waals surface area (Å²) in [5, 5.41) is 0. The van der Waals surface area contributed by atoms with E-state index >= 15 is 0 Å². The van der Waals surface area contributed by atoms with Crippen LogP contribution in [0, 0.1) is 0 Å². The number of ether oxygens (including phenoxy) is 1. The minimum atomic E-state index is -4.50. The zero-order valence-electron chi connectivity index (χ0n) is 17.1. The number of aryl methyl sites for hydroxylation is 1. The first-order valence-corrected chi connectivity index (χ1v) is 10.1. The van der Waals surface area contributed by atoms with Gasteiger partial charge >= 0.3 is 6.18 Å². The smallest absolute Gasteiger partial charge is 0.433 e. The van der Waals surface area contributed by atoms with E-state index in [1.807, 2.05) is 25.2 Å². The molecule has 0 amide bonds. The Hall–Kier alpha value is -3.62. The lowest BCUT2D eigenvalue weighted by molar-refractivity contribution is -0.141. The van der Waals surface area contributed by atoms with Gasteiger partial charge in [0.05, 0.1) is 22.9 Å². The van der Waals surface area contributed by atoms with Gasteiger partial charge in [-0.1, -0.05) is 0 Å². The van der Waals surface area contributed by atoms with Gasteiger partial charge in [-0.05, 0) is 54.8 Å². The van der Waals surface area contributed by atoms with Crippen molar-refractivity contribution in [1.29, 1.82) is 0 Å². The Labute approximate surface area is 180 Å². The zero-order valence-corrected chi connectivity index (χ0v) is 17.1. The third-order valence-corrected chi connectivity index (χ3v) is 5.54. The molecule has 1 aromatic carbocycles. The second-order valence-corrected chi connectivity index (χ2v) is 7.89. The van der Waals surface area contributed by atoms with Gasteiger partial charge in [0, 0.05) is 25.2 Å². The molecule has 0 bridgehead atoms. The van der Waals surface area contributed by atoms with E-state index in [2.05, 4.69) is 9.55 Å². The third-order valence-electron chi connectivity index (χ3n) is 5.54. The Kier molecular flexibility index (Phi) is 4.76. The molecule has 1 aliphatic carbocycles. The van der Waals surface area contributed by atoms with Crippen LogP contribution < -0.4 is 10.3 Å². The van der Waals surface area contributed by atoms with E-state index in [1.165, 1.54) is 16.7 Å². The van der Waals surface area contributed by atoms with Crippen molar-refractivity contribution in [2.24, 2.45) is 7.05 Å². The van der Waals surface area contributed by atoms with Crippen LogP contribution in [0.5, 0.6) is 5.75 Å². The summed E-state index contributed by atoms with van der Waals surface area (Å²) in [7, 11) is 1.99. The first-order chi connectivity index (χ1) is 15.3. The Morgan fingerprint density at radius 3 is 2.59 bits per heavy atom. The molecular weight excluding hydrogens is 421 g/mol. The maximum Gasteiger partial charge on any atom is 0.433 e. The van der Waals surface area contributed by atoms with Crippen molar-refractivity contribution in [2.45, 2.75) is 31.5 Å². The van der Waals surface area contributed by atoms with Crippen molar-refractivity contribution in [3.8, 4) is 11.4 Å². The molecule has 0 spiro atoms.